The maximum Gasteiger partial charge on any atom is 0.339 e. The molecular weight excluding hydrogens is 368 g/mol. The van der Waals surface area contributed by atoms with E-state index in [-0.39, 0.29) is 18.0 Å². The molecular formula is C24H42O5. The lowest BCUT2D eigenvalue weighted by Gasteiger charge is -2.29. The first-order valence-electron chi connectivity index (χ1n) is 12.2. The highest BCUT2D eigenvalue weighted by molar-refractivity contribution is 5.89. The molecule has 0 amide bonds. The van der Waals surface area contributed by atoms with Gasteiger partial charge in [0.15, 0.2) is 5.60 Å². The van der Waals surface area contributed by atoms with Crippen molar-refractivity contribution in [3.8, 4) is 0 Å². The van der Waals surface area contributed by atoms with Crippen LogP contribution in [0.1, 0.15) is 110 Å². The second kappa shape index (κ2) is 13.3. The van der Waals surface area contributed by atoms with Gasteiger partial charge in [-0.2, -0.15) is 0 Å². The Morgan fingerprint density at radius 1 is 0.828 bits per heavy atom. The summed E-state index contributed by atoms with van der Waals surface area (Å²) in [6, 6.07) is 0. The van der Waals surface area contributed by atoms with Crippen LogP contribution < -0.4 is 0 Å². The van der Waals surface area contributed by atoms with E-state index in [1.165, 1.54) is 51.4 Å². The van der Waals surface area contributed by atoms with Crippen molar-refractivity contribution in [2.75, 3.05) is 13.2 Å². The Morgan fingerprint density at radius 2 is 1.38 bits per heavy atom. The Kier molecular flexibility index (Phi) is 11.0. The molecule has 2 bridgehead atoms. The summed E-state index contributed by atoms with van der Waals surface area (Å²) in [6.45, 7) is 5.26. The molecule has 0 aromatic carbocycles. The van der Waals surface area contributed by atoms with Crippen molar-refractivity contribution in [3.05, 3.63) is 0 Å². The Labute approximate surface area is 177 Å². The van der Waals surface area contributed by atoms with E-state index in [1.807, 2.05) is 0 Å². The number of hydrogen-bond donors (Lipinski definition) is 0. The van der Waals surface area contributed by atoms with Crippen LogP contribution in [-0.2, 0) is 23.8 Å². The first-order chi connectivity index (χ1) is 14.1. The van der Waals surface area contributed by atoms with E-state index >= 15 is 0 Å². The molecule has 2 saturated heterocycles. The van der Waals surface area contributed by atoms with E-state index in [9.17, 15) is 9.59 Å². The van der Waals surface area contributed by atoms with Crippen molar-refractivity contribution in [3.63, 3.8) is 0 Å². The van der Waals surface area contributed by atoms with Crippen molar-refractivity contribution >= 4 is 11.9 Å². The second-order valence-electron chi connectivity index (χ2n) is 8.80. The van der Waals surface area contributed by atoms with E-state index in [0.717, 1.165) is 32.1 Å². The van der Waals surface area contributed by atoms with E-state index in [0.29, 0.717) is 26.1 Å². The summed E-state index contributed by atoms with van der Waals surface area (Å²) in [5.41, 5.74) is -1.09. The van der Waals surface area contributed by atoms with Gasteiger partial charge in [-0.25, -0.2) is 4.79 Å². The summed E-state index contributed by atoms with van der Waals surface area (Å²) in [5, 5.41) is 0. The predicted molar refractivity (Wildman–Crippen MR) is 114 cm³/mol. The van der Waals surface area contributed by atoms with Crippen molar-refractivity contribution in [1.29, 1.82) is 0 Å². The van der Waals surface area contributed by atoms with Crippen molar-refractivity contribution in [1.82, 2.24) is 0 Å². The zero-order valence-electron chi connectivity index (χ0n) is 18.7. The van der Waals surface area contributed by atoms with E-state index in [2.05, 4.69) is 13.8 Å². The van der Waals surface area contributed by atoms with Crippen LogP contribution in [0.25, 0.3) is 0 Å². The van der Waals surface area contributed by atoms with E-state index in [4.69, 9.17) is 14.2 Å². The Hall–Kier alpha value is -1.10. The normalized spacial score (nSPS) is 25.3. The zero-order valence-corrected chi connectivity index (χ0v) is 18.7. The number of hydrogen-bond acceptors (Lipinski definition) is 5. The number of carbonyl (C=O) groups is 2. The van der Waals surface area contributed by atoms with Crippen molar-refractivity contribution in [2.24, 2.45) is 5.92 Å². The minimum Gasteiger partial charge on any atom is -0.465 e. The molecule has 3 atom stereocenters. The average molecular weight is 411 g/mol. The molecule has 0 aromatic heterocycles. The molecule has 0 aliphatic carbocycles. The molecule has 0 radical (unpaired) electrons. The van der Waals surface area contributed by atoms with Gasteiger partial charge in [-0.15, -0.1) is 0 Å². The molecule has 0 N–H and O–H groups in total. The van der Waals surface area contributed by atoms with Crippen LogP contribution in [0, 0.1) is 5.92 Å². The van der Waals surface area contributed by atoms with Crippen LogP contribution in [0.2, 0.25) is 0 Å². The molecule has 3 unspecified atom stereocenters. The van der Waals surface area contributed by atoms with Gasteiger partial charge in [0.2, 0.25) is 0 Å². The summed E-state index contributed by atoms with van der Waals surface area (Å²) in [6.07, 6.45) is 15.8. The third-order valence-electron chi connectivity index (χ3n) is 6.38. The van der Waals surface area contributed by atoms with Crippen LogP contribution in [0.3, 0.4) is 0 Å². The highest BCUT2D eigenvalue weighted by Gasteiger charge is 2.62. The molecule has 2 aliphatic rings. The van der Waals surface area contributed by atoms with Gasteiger partial charge >= 0.3 is 11.9 Å². The number of esters is 2. The number of unbranched alkanes of at least 4 members (excludes halogenated alkanes) is 10. The molecule has 2 fully saturated rings. The van der Waals surface area contributed by atoms with E-state index < -0.39 is 11.5 Å². The summed E-state index contributed by atoms with van der Waals surface area (Å²) in [5.74, 6) is -1.14. The fraction of sp³-hybridized carbons (Fsp3) is 0.917. The predicted octanol–water partition coefficient (Wildman–Crippen LogP) is 5.73. The molecule has 2 rings (SSSR count). The standard InChI is InChI=1S/C24H42O5/c1-3-5-7-9-11-13-17-27-22(25)21-19-20-15-16-24(21,29-20)23(26)28-18-14-12-10-8-6-4-2/h20-21H,3-19H2,1-2H3. The molecule has 2 aliphatic heterocycles. The quantitative estimate of drug-likeness (QED) is 0.240. The van der Waals surface area contributed by atoms with Gasteiger partial charge in [-0.3, -0.25) is 4.79 Å². The highest BCUT2D eigenvalue weighted by atomic mass is 16.6. The zero-order chi connectivity index (χ0) is 21.0. The molecule has 0 aromatic rings. The third-order valence-corrected chi connectivity index (χ3v) is 6.38. The maximum atomic E-state index is 12.8. The molecule has 29 heavy (non-hydrogen) atoms. The lowest BCUT2D eigenvalue weighted by atomic mass is 9.78. The van der Waals surface area contributed by atoms with Crippen LogP contribution >= 0.6 is 0 Å². The molecule has 168 valence electrons. The Balaban J connectivity index is 1.70. The maximum absolute atomic E-state index is 12.8. The minimum atomic E-state index is -1.09. The number of fused-ring (bicyclic) bond motifs is 2. The van der Waals surface area contributed by atoms with Crippen LogP contribution in [0.15, 0.2) is 0 Å². The van der Waals surface area contributed by atoms with Gasteiger partial charge in [0, 0.05) is 0 Å². The van der Waals surface area contributed by atoms with Crippen LogP contribution in [0.4, 0.5) is 0 Å². The average Bonchev–Trinajstić information content (AvgIpc) is 3.32. The summed E-state index contributed by atoms with van der Waals surface area (Å²) < 4.78 is 17.0. The number of rotatable bonds is 16. The molecule has 0 saturated carbocycles. The molecule has 5 heteroatoms. The van der Waals surface area contributed by atoms with Gasteiger partial charge in [0.05, 0.1) is 25.2 Å². The summed E-state index contributed by atoms with van der Waals surface area (Å²) in [7, 11) is 0. The monoisotopic (exact) mass is 410 g/mol. The number of ether oxygens (including phenoxy) is 3. The number of carbonyl (C=O) groups excluding carboxylic acids is 2. The van der Waals surface area contributed by atoms with E-state index in [1.54, 1.807) is 0 Å². The van der Waals surface area contributed by atoms with Crippen LogP contribution in [-0.4, -0.2) is 36.9 Å². The summed E-state index contributed by atoms with van der Waals surface area (Å²) >= 11 is 0. The van der Waals surface area contributed by atoms with Gasteiger partial charge in [-0.05, 0) is 32.1 Å². The van der Waals surface area contributed by atoms with Gasteiger partial charge < -0.3 is 14.2 Å². The SMILES string of the molecule is CCCCCCCCOC(=O)C1CC2CCC1(C(=O)OCCCCCCCC)O2. The molecule has 5 nitrogen and oxygen atoms in total. The minimum absolute atomic E-state index is 0.0109. The lowest BCUT2D eigenvalue weighted by Crippen LogP contribution is -2.47. The second-order valence-corrected chi connectivity index (χ2v) is 8.80. The highest BCUT2D eigenvalue weighted by Crippen LogP contribution is 2.49. The van der Waals surface area contributed by atoms with Gasteiger partial charge in [0.1, 0.15) is 0 Å². The van der Waals surface area contributed by atoms with Crippen molar-refractivity contribution < 1.29 is 23.8 Å². The fourth-order valence-corrected chi connectivity index (χ4v) is 4.57. The topological polar surface area (TPSA) is 61.8 Å². The largest absolute Gasteiger partial charge is 0.465 e. The molecule has 0 spiro atoms. The fourth-order valence-electron chi connectivity index (χ4n) is 4.57. The summed E-state index contributed by atoms with van der Waals surface area (Å²) in [4.78, 5) is 25.4. The lowest BCUT2D eigenvalue weighted by molar-refractivity contribution is -0.176. The van der Waals surface area contributed by atoms with Crippen LogP contribution in [0.5, 0.6) is 0 Å². The first kappa shape index (κ1) is 24.2. The van der Waals surface area contributed by atoms with Gasteiger partial charge in [-0.1, -0.05) is 78.1 Å². The Bertz CT molecular complexity index is 492. The molecule has 2 heterocycles. The smallest absolute Gasteiger partial charge is 0.339 e. The van der Waals surface area contributed by atoms with Gasteiger partial charge in [0.25, 0.3) is 0 Å². The first-order valence-corrected chi connectivity index (χ1v) is 12.2. The third kappa shape index (κ3) is 7.27. The van der Waals surface area contributed by atoms with Crippen molar-refractivity contribution in [2.45, 2.75) is 122 Å². The Morgan fingerprint density at radius 3 is 1.97 bits per heavy atom.